The van der Waals surface area contributed by atoms with Crippen molar-refractivity contribution in [3.8, 4) is 11.5 Å². The second-order valence-electron chi connectivity index (χ2n) is 5.62. The maximum Gasteiger partial charge on any atom is 0.319 e. The first-order valence-electron chi connectivity index (χ1n) is 8.36. The third-order valence-electron chi connectivity index (χ3n) is 3.93. The summed E-state index contributed by atoms with van der Waals surface area (Å²) >= 11 is 0. The lowest BCUT2D eigenvalue weighted by molar-refractivity contribution is -0.147. The van der Waals surface area contributed by atoms with E-state index in [0.717, 1.165) is 0 Å². The van der Waals surface area contributed by atoms with Crippen molar-refractivity contribution in [3.05, 3.63) is 48.2 Å². The van der Waals surface area contributed by atoms with Crippen LogP contribution in [0.2, 0.25) is 0 Å². The minimum atomic E-state index is -0.763. The number of benzene rings is 1. The van der Waals surface area contributed by atoms with Crippen molar-refractivity contribution >= 4 is 12.0 Å². The highest BCUT2D eigenvalue weighted by Crippen LogP contribution is 2.35. The number of carbonyl (C=O) groups is 2. The second-order valence-corrected chi connectivity index (χ2v) is 5.62. The fourth-order valence-corrected chi connectivity index (χ4v) is 2.71. The number of methoxy groups -OCH3 is 1. The van der Waals surface area contributed by atoms with E-state index in [-0.39, 0.29) is 12.3 Å². The summed E-state index contributed by atoms with van der Waals surface area (Å²) in [5.41, 5.74) is 0.978. The van der Waals surface area contributed by atoms with E-state index in [1.54, 1.807) is 30.4 Å². The average molecular weight is 360 g/mol. The summed E-state index contributed by atoms with van der Waals surface area (Å²) in [6.45, 7) is 8.18. The molecule has 0 aromatic heterocycles. The average Bonchev–Trinajstić information content (AvgIpc) is 2.61. The van der Waals surface area contributed by atoms with Gasteiger partial charge in [-0.25, -0.2) is 4.79 Å². The molecule has 0 radical (unpaired) electrons. The van der Waals surface area contributed by atoms with E-state index >= 15 is 0 Å². The molecule has 1 heterocycles. The minimum absolute atomic E-state index is 0.159. The number of esters is 1. The summed E-state index contributed by atoms with van der Waals surface area (Å²) in [5, 5.41) is 5.30. The predicted molar refractivity (Wildman–Crippen MR) is 97.0 cm³/mol. The number of ether oxygens (including phenoxy) is 3. The number of hydrogen-bond donors (Lipinski definition) is 2. The van der Waals surface area contributed by atoms with E-state index in [2.05, 4.69) is 17.2 Å². The first kappa shape index (κ1) is 19.4. The molecule has 1 saturated heterocycles. The molecule has 0 spiro atoms. The largest absolute Gasteiger partial charge is 0.493 e. The lowest BCUT2D eigenvalue weighted by Crippen LogP contribution is -2.51. The Hall–Kier alpha value is -2.96. The van der Waals surface area contributed by atoms with Gasteiger partial charge in [0.05, 0.1) is 19.8 Å². The molecule has 2 atom stereocenters. The van der Waals surface area contributed by atoms with Crippen LogP contribution in [0.1, 0.15) is 25.5 Å². The maximum absolute atomic E-state index is 12.5. The Balaban J connectivity index is 2.33. The zero-order valence-electron chi connectivity index (χ0n) is 15.2. The number of rotatable bonds is 7. The Kier molecular flexibility index (Phi) is 6.66. The number of urea groups is 1. The molecule has 1 aliphatic heterocycles. The SMILES string of the molecule is C=C1NC(=O)N[C@H](c2ccc(OCC)c(OC)c2)[C@H]1C(=O)OC/C=C/C. The Bertz CT molecular complexity index is 714. The van der Waals surface area contributed by atoms with Crippen molar-refractivity contribution in [2.24, 2.45) is 5.92 Å². The highest BCUT2D eigenvalue weighted by atomic mass is 16.5. The monoisotopic (exact) mass is 360 g/mol. The van der Waals surface area contributed by atoms with Crippen LogP contribution in [0.3, 0.4) is 0 Å². The van der Waals surface area contributed by atoms with Gasteiger partial charge in [-0.15, -0.1) is 0 Å². The second kappa shape index (κ2) is 8.94. The van der Waals surface area contributed by atoms with Crippen LogP contribution in [0.5, 0.6) is 11.5 Å². The zero-order chi connectivity index (χ0) is 19.1. The molecule has 2 N–H and O–H groups in total. The molecule has 1 aromatic rings. The third-order valence-corrected chi connectivity index (χ3v) is 3.93. The lowest BCUT2D eigenvalue weighted by Gasteiger charge is -2.33. The summed E-state index contributed by atoms with van der Waals surface area (Å²) in [6.07, 6.45) is 3.52. The first-order valence-corrected chi connectivity index (χ1v) is 8.36. The first-order chi connectivity index (χ1) is 12.5. The highest BCUT2D eigenvalue weighted by molar-refractivity contribution is 5.85. The smallest absolute Gasteiger partial charge is 0.319 e. The molecule has 140 valence electrons. The minimum Gasteiger partial charge on any atom is -0.493 e. The molecule has 0 saturated carbocycles. The number of carbonyl (C=O) groups excluding carboxylic acids is 2. The van der Waals surface area contributed by atoms with Crippen molar-refractivity contribution in [3.63, 3.8) is 0 Å². The highest BCUT2D eigenvalue weighted by Gasteiger charge is 2.39. The van der Waals surface area contributed by atoms with E-state index in [1.807, 2.05) is 13.8 Å². The lowest BCUT2D eigenvalue weighted by atomic mass is 9.89. The normalized spacial score (nSPS) is 19.7. The van der Waals surface area contributed by atoms with Gasteiger partial charge in [-0.3, -0.25) is 4.79 Å². The van der Waals surface area contributed by atoms with Crippen LogP contribution in [-0.4, -0.2) is 32.3 Å². The summed E-state index contributed by atoms with van der Waals surface area (Å²) in [5.74, 6) is -0.132. The fraction of sp³-hybridized carbons (Fsp3) is 0.368. The molecule has 1 aromatic carbocycles. The Morgan fingerprint density at radius 1 is 1.35 bits per heavy atom. The van der Waals surface area contributed by atoms with Gasteiger partial charge in [0.1, 0.15) is 12.5 Å². The van der Waals surface area contributed by atoms with E-state index in [0.29, 0.717) is 23.7 Å². The van der Waals surface area contributed by atoms with Crippen molar-refractivity contribution in [2.45, 2.75) is 19.9 Å². The van der Waals surface area contributed by atoms with Gasteiger partial charge in [0.2, 0.25) is 0 Å². The molecular formula is C19H24N2O5. The molecule has 7 heteroatoms. The van der Waals surface area contributed by atoms with Crippen molar-refractivity contribution < 1.29 is 23.8 Å². The molecule has 0 bridgehead atoms. The van der Waals surface area contributed by atoms with Gasteiger partial charge in [-0.1, -0.05) is 24.8 Å². The summed E-state index contributed by atoms with van der Waals surface area (Å²) in [4.78, 5) is 24.4. The number of amides is 2. The Labute approximate surface area is 153 Å². The molecule has 2 amide bonds. The summed E-state index contributed by atoms with van der Waals surface area (Å²) < 4.78 is 16.1. The van der Waals surface area contributed by atoms with E-state index < -0.39 is 24.0 Å². The standard InChI is InChI=1S/C19H24N2O5/c1-5-7-10-26-18(22)16-12(3)20-19(23)21-17(16)13-8-9-14(25-6-2)15(11-13)24-4/h5,7-9,11,16-17H,3,6,10H2,1-2,4H3,(H2,20,21,23)/b7-5+/t16-,17+/m0/s1. The van der Waals surface area contributed by atoms with Crippen LogP contribution in [0.15, 0.2) is 42.6 Å². The van der Waals surface area contributed by atoms with E-state index in [9.17, 15) is 9.59 Å². The van der Waals surface area contributed by atoms with Crippen LogP contribution in [0.4, 0.5) is 4.79 Å². The van der Waals surface area contributed by atoms with Gasteiger partial charge in [-0.2, -0.15) is 0 Å². The van der Waals surface area contributed by atoms with Crippen LogP contribution >= 0.6 is 0 Å². The van der Waals surface area contributed by atoms with Gasteiger partial charge >= 0.3 is 12.0 Å². The summed E-state index contributed by atoms with van der Waals surface area (Å²) in [7, 11) is 1.53. The number of nitrogens with one attached hydrogen (secondary N) is 2. The molecule has 2 rings (SSSR count). The predicted octanol–water partition coefficient (Wildman–Crippen LogP) is 2.70. The van der Waals surface area contributed by atoms with Gasteiger partial charge in [0.15, 0.2) is 11.5 Å². The third kappa shape index (κ3) is 4.36. The van der Waals surface area contributed by atoms with Crippen molar-refractivity contribution in [1.82, 2.24) is 10.6 Å². The van der Waals surface area contributed by atoms with Crippen molar-refractivity contribution in [1.29, 1.82) is 0 Å². The van der Waals surface area contributed by atoms with E-state index in [4.69, 9.17) is 14.2 Å². The van der Waals surface area contributed by atoms with Crippen LogP contribution in [0.25, 0.3) is 0 Å². The Morgan fingerprint density at radius 2 is 2.12 bits per heavy atom. The zero-order valence-corrected chi connectivity index (χ0v) is 15.2. The number of allylic oxidation sites excluding steroid dienone is 1. The quantitative estimate of drug-likeness (QED) is 0.577. The molecule has 1 fully saturated rings. The van der Waals surface area contributed by atoms with Gasteiger partial charge < -0.3 is 24.8 Å². The van der Waals surface area contributed by atoms with Crippen LogP contribution < -0.4 is 20.1 Å². The topological polar surface area (TPSA) is 85.9 Å². The molecule has 0 unspecified atom stereocenters. The Morgan fingerprint density at radius 3 is 2.77 bits per heavy atom. The van der Waals surface area contributed by atoms with Gasteiger partial charge in [0, 0.05) is 5.70 Å². The van der Waals surface area contributed by atoms with E-state index in [1.165, 1.54) is 7.11 Å². The molecule has 7 nitrogen and oxygen atoms in total. The molecule has 1 aliphatic rings. The van der Waals surface area contributed by atoms with Gasteiger partial charge in [0.25, 0.3) is 0 Å². The number of hydrogen-bond acceptors (Lipinski definition) is 5. The van der Waals surface area contributed by atoms with Crippen LogP contribution in [-0.2, 0) is 9.53 Å². The molecule has 26 heavy (non-hydrogen) atoms. The fourth-order valence-electron chi connectivity index (χ4n) is 2.71. The molecular weight excluding hydrogens is 336 g/mol. The maximum atomic E-state index is 12.5. The molecule has 0 aliphatic carbocycles. The van der Waals surface area contributed by atoms with Gasteiger partial charge in [-0.05, 0) is 31.5 Å². The van der Waals surface area contributed by atoms with Crippen LogP contribution in [0, 0.1) is 5.92 Å². The van der Waals surface area contributed by atoms with Crippen molar-refractivity contribution in [2.75, 3.05) is 20.3 Å². The summed E-state index contributed by atoms with van der Waals surface area (Å²) in [6, 6.07) is 4.21.